The smallest absolute Gasteiger partial charge is 0.410 e. The predicted molar refractivity (Wildman–Crippen MR) is 191 cm³/mol. The maximum atomic E-state index is 14.7. The van der Waals surface area contributed by atoms with E-state index < -0.39 is 17.5 Å². The number of carbonyl (C=O) groups is 2. The van der Waals surface area contributed by atoms with Crippen LogP contribution in [0.3, 0.4) is 0 Å². The van der Waals surface area contributed by atoms with E-state index in [-0.39, 0.29) is 34.0 Å². The van der Waals surface area contributed by atoms with Gasteiger partial charge in [-0.1, -0.05) is 32.4 Å². The number of rotatable bonds is 8. The number of aliphatic hydroxyl groups excluding tert-OH is 1. The summed E-state index contributed by atoms with van der Waals surface area (Å²) < 4.78 is 23.1. The van der Waals surface area contributed by atoms with Crippen LogP contribution in [0.25, 0.3) is 0 Å². The van der Waals surface area contributed by atoms with Crippen molar-refractivity contribution in [3.05, 3.63) is 58.4 Å². The van der Waals surface area contributed by atoms with E-state index in [2.05, 4.69) is 33.9 Å². The number of aliphatic hydroxyl groups is 1. The van der Waals surface area contributed by atoms with Crippen LogP contribution in [0.2, 0.25) is 5.02 Å². The lowest BCUT2D eigenvalue weighted by atomic mass is 9.91. The number of nitrogens with one attached hydrogen (secondary N) is 2. The summed E-state index contributed by atoms with van der Waals surface area (Å²) in [5.41, 5.74) is 0.183. The normalized spacial score (nSPS) is 19.8. The second kappa shape index (κ2) is 16.6. The monoisotopic (exact) mass is 706 g/mol. The molecule has 3 N–H and O–H groups in total. The Morgan fingerprint density at radius 3 is 2.48 bits per heavy atom. The SMILES string of the molecule is CC(C)(C)OC(=O)N1CC(CCC(NC2=NC(SNC(=O)c3ccc(C(C)(C)C)nc3F)CCC2)c2ccc(Cl)cn2)CC1(C)C.CO. The minimum absolute atomic E-state index is 0.0900. The van der Waals surface area contributed by atoms with Gasteiger partial charge in [0.2, 0.25) is 5.95 Å². The molecule has 3 unspecified atom stereocenters. The molecule has 1 saturated heterocycles. The van der Waals surface area contributed by atoms with Crippen molar-refractivity contribution in [2.45, 2.75) is 122 Å². The first kappa shape index (κ1) is 39.5. The predicted octanol–water partition coefficient (Wildman–Crippen LogP) is 7.61. The maximum absolute atomic E-state index is 14.7. The summed E-state index contributed by atoms with van der Waals surface area (Å²) in [5, 5.41) is 11.0. The standard InChI is InChI=1S/C34H48ClFN6O3S.CH4O/c1-32(2,3)26-17-14-23(29(36)39-26)30(43)41-46-28-11-9-10-27(40-28)38-25(24-16-13-22(35)19-37-24)15-12-21-18-34(7,8)42(20-21)31(44)45-33(4,5)6;1-2/h13-14,16-17,19,21,25,28H,9-12,15,18,20H2,1-8H3,(H,38,40)(H,41,43);2H,1H3. The van der Waals surface area contributed by atoms with Crippen molar-refractivity contribution in [1.29, 1.82) is 0 Å². The molecule has 2 aromatic heterocycles. The molecule has 266 valence electrons. The average Bonchev–Trinajstić information content (AvgIpc) is 3.32. The number of aliphatic imine (C=N–C) groups is 1. The van der Waals surface area contributed by atoms with Crippen LogP contribution in [-0.4, -0.2) is 68.0 Å². The third-order valence-corrected chi connectivity index (χ3v) is 9.34. The zero-order valence-corrected chi connectivity index (χ0v) is 31.3. The summed E-state index contributed by atoms with van der Waals surface area (Å²) >= 11 is 7.34. The van der Waals surface area contributed by atoms with Gasteiger partial charge in [0.15, 0.2) is 0 Å². The number of amidine groups is 1. The molecular weight excluding hydrogens is 655 g/mol. The number of pyridine rings is 2. The Kier molecular flexibility index (Phi) is 13.7. The number of aromatic nitrogens is 2. The highest BCUT2D eigenvalue weighted by molar-refractivity contribution is 7.98. The number of ether oxygens (including phenoxy) is 1. The molecule has 10 nitrogen and oxygen atoms in total. The first-order valence-electron chi connectivity index (χ1n) is 16.4. The van der Waals surface area contributed by atoms with E-state index in [1.54, 1.807) is 12.3 Å². The zero-order chi connectivity index (χ0) is 35.9. The lowest BCUT2D eigenvalue weighted by molar-refractivity contribution is 0.0130. The van der Waals surface area contributed by atoms with E-state index in [1.165, 1.54) is 18.0 Å². The summed E-state index contributed by atoms with van der Waals surface area (Å²) in [6.07, 6.45) is 6.34. The fourth-order valence-electron chi connectivity index (χ4n) is 5.85. The summed E-state index contributed by atoms with van der Waals surface area (Å²) in [7, 11) is 1.00. The summed E-state index contributed by atoms with van der Waals surface area (Å²) in [6, 6.07) is 6.82. The topological polar surface area (TPSA) is 129 Å². The van der Waals surface area contributed by atoms with E-state index in [0.29, 0.717) is 23.2 Å². The number of amides is 2. The van der Waals surface area contributed by atoms with Crippen LogP contribution >= 0.6 is 23.5 Å². The third kappa shape index (κ3) is 11.3. The molecule has 4 heterocycles. The highest BCUT2D eigenvalue weighted by Gasteiger charge is 2.43. The second-order valence-electron chi connectivity index (χ2n) is 14.9. The van der Waals surface area contributed by atoms with Gasteiger partial charge < -0.3 is 20.1 Å². The average molecular weight is 707 g/mol. The lowest BCUT2D eigenvalue weighted by Crippen LogP contribution is -2.45. The molecule has 0 spiro atoms. The molecule has 13 heteroatoms. The van der Waals surface area contributed by atoms with E-state index >= 15 is 0 Å². The van der Waals surface area contributed by atoms with Crippen LogP contribution in [0, 0.1) is 11.9 Å². The Hall–Kier alpha value is -2.96. The summed E-state index contributed by atoms with van der Waals surface area (Å²) in [6.45, 7) is 16.3. The van der Waals surface area contributed by atoms with Gasteiger partial charge in [0.1, 0.15) is 11.0 Å². The summed E-state index contributed by atoms with van der Waals surface area (Å²) in [5.74, 6) is -0.172. The first-order valence-corrected chi connectivity index (χ1v) is 17.7. The molecule has 2 amide bonds. The second-order valence-corrected chi connectivity index (χ2v) is 16.3. The Morgan fingerprint density at radius 2 is 1.88 bits per heavy atom. The van der Waals surface area contributed by atoms with Crippen LogP contribution in [0.5, 0.6) is 0 Å². The fourth-order valence-corrected chi connectivity index (χ4v) is 6.78. The molecule has 0 aliphatic carbocycles. The van der Waals surface area contributed by atoms with Crippen molar-refractivity contribution in [1.82, 2.24) is 24.9 Å². The van der Waals surface area contributed by atoms with Crippen molar-refractivity contribution >= 4 is 41.4 Å². The third-order valence-electron chi connectivity index (χ3n) is 8.20. The van der Waals surface area contributed by atoms with Crippen LogP contribution in [0.15, 0.2) is 35.5 Å². The molecule has 0 bridgehead atoms. The molecule has 2 aliphatic heterocycles. The molecule has 1 fully saturated rings. The number of carbonyl (C=O) groups excluding carboxylic acids is 2. The Labute approximate surface area is 294 Å². The van der Waals surface area contributed by atoms with Gasteiger partial charge in [-0.15, -0.1) is 0 Å². The molecule has 4 rings (SSSR count). The zero-order valence-electron chi connectivity index (χ0n) is 29.7. The first-order chi connectivity index (χ1) is 22.4. The summed E-state index contributed by atoms with van der Waals surface area (Å²) in [4.78, 5) is 41.1. The van der Waals surface area contributed by atoms with Gasteiger partial charge in [-0.05, 0) is 109 Å². The van der Waals surface area contributed by atoms with Crippen LogP contribution in [0.4, 0.5) is 9.18 Å². The molecule has 0 aromatic carbocycles. The van der Waals surface area contributed by atoms with E-state index in [4.69, 9.17) is 26.4 Å². The largest absolute Gasteiger partial charge is 0.444 e. The number of hydrogen-bond acceptors (Lipinski definition) is 9. The molecular formula is C35H52ClFN6O4S. The molecule has 3 atom stereocenters. The van der Waals surface area contributed by atoms with Crippen LogP contribution in [-0.2, 0) is 10.2 Å². The number of halogens is 2. The number of likely N-dealkylation sites (tertiary alicyclic amines) is 1. The molecule has 2 aliphatic rings. The quantitative estimate of drug-likeness (QED) is 0.189. The van der Waals surface area contributed by atoms with Crippen molar-refractivity contribution in [2.24, 2.45) is 10.9 Å². The van der Waals surface area contributed by atoms with Gasteiger partial charge in [0.25, 0.3) is 5.91 Å². The fraction of sp³-hybridized carbons (Fsp3) is 0.629. The minimum Gasteiger partial charge on any atom is -0.444 e. The van der Waals surface area contributed by atoms with Gasteiger partial charge >= 0.3 is 6.09 Å². The molecule has 0 saturated carbocycles. The van der Waals surface area contributed by atoms with Crippen LogP contribution in [0.1, 0.15) is 122 Å². The van der Waals surface area contributed by atoms with E-state index in [9.17, 15) is 14.0 Å². The van der Waals surface area contributed by atoms with Crippen LogP contribution < -0.4 is 10.0 Å². The van der Waals surface area contributed by atoms with Gasteiger partial charge in [0.05, 0.1) is 28.2 Å². The molecule has 0 radical (unpaired) electrons. The number of nitrogens with zero attached hydrogens (tertiary/aromatic N) is 4. The van der Waals surface area contributed by atoms with Crippen molar-refractivity contribution in [3.8, 4) is 0 Å². The van der Waals surface area contributed by atoms with Crippen molar-refractivity contribution in [3.63, 3.8) is 0 Å². The van der Waals surface area contributed by atoms with Gasteiger partial charge in [-0.25, -0.2) is 9.78 Å². The minimum atomic E-state index is -0.779. The maximum Gasteiger partial charge on any atom is 0.410 e. The molecule has 2 aromatic rings. The Balaban J connectivity index is 0.00000307. The number of hydrogen-bond donors (Lipinski definition) is 3. The van der Waals surface area contributed by atoms with E-state index in [0.717, 1.165) is 57.2 Å². The highest BCUT2D eigenvalue weighted by atomic mass is 35.5. The van der Waals surface area contributed by atoms with Gasteiger partial charge in [-0.3, -0.25) is 19.5 Å². The Bertz CT molecular complexity index is 1430. The van der Waals surface area contributed by atoms with E-state index in [1.807, 2.05) is 58.6 Å². The molecule has 48 heavy (non-hydrogen) atoms. The van der Waals surface area contributed by atoms with Crippen molar-refractivity contribution < 1.29 is 23.8 Å². The lowest BCUT2D eigenvalue weighted by Gasteiger charge is -2.33. The van der Waals surface area contributed by atoms with Crippen molar-refractivity contribution in [2.75, 3.05) is 13.7 Å². The van der Waals surface area contributed by atoms with Gasteiger partial charge in [-0.2, -0.15) is 4.39 Å². The highest BCUT2D eigenvalue weighted by Crippen LogP contribution is 2.37. The van der Waals surface area contributed by atoms with Gasteiger partial charge in [0, 0.05) is 42.9 Å². The Morgan fingerprint density at radius 1 is 1.17 bits per heavy atom.